The van der Waals surface area contributed by atoms with E-state index in [0.29, 0.717) is 5.56 Å². The molecule has 0 aliphatic rings. The number of rotatable bonds is 0. The van der Waals surface area contributed by atoms with E-state index in [1.54, 1.807) is 0 Å². The van der Waals surface area contributed by atoms with Gasteiger partial charge >= 0.3 is 5.69 Å². The molecular formula is C8H13N3O2. The second-order valence-corrected chi connectivity index (χ2v) is 3.96. The number of hydrogen-bond donors (Lipinski definition) is 2. The van der Waals surface area contributed by atoms with Crippen molar-refractivity contribution in [2.24, 2.45) is 0 Å². The fourth-order valence-corrected chi connectivity index (χ4v) is 1.02. The Morgan fingerprint density at radius 2 is 1.92 bits per heavy atom. The normalized spacial score (nSPS) is 11.6. The number of nitrogens with zero attached hydrogens (tertiary/aromatic N) is 1. The molecule has 3 N–H and O–H groups in total. The minimum absolute atomic E-state index is 0.317. The lowest BCUT2D eigenvalue weighted by Crippen LogP contribution is -2.38. The van der Waals surface area contributed by atoms with E-state index in [2.05, 4.69) is 4.98 Å². The molecule has 0 bridgehead atoms. The van der Waals surface area contributed by atoms with Crippen molar-refractivity contribution in [3.63, 3.8) is 0 Å². The Balaban J connectivity index is 3.51. The molecule has 0 spiro atoms. The maximum absolute atomic E-state index is 11.3. The van der Waals surface area contributed by atoms with E-state index in [1.165, 1.54) is 6.20 Å². The molecule has 0 fully saturated rings. The first-order valence-electron chi connectivity index (χ1n) is 3.94. The van der Waals surface area contributed by atoms with Crippen LogP contribution in [0.15, 0.2) is 15.8 Å². The van der Waals surface area contributed by atoms with Gasteiger partial charge in [0.05, 0.1) is 0 Å². The van der Waals surface area contributed by atoms with Gasteiger partial charge in [-0.15, -0.1) is 0 Å². The number of nitrogen functional groups attached to an aromatic ring is 1. The van der Waals surface area contributed by atoms with Crippen LogP contribution in [0.3, 0.4) is 0 Å². The summed E-state index contributed by atoms with van der Waals surface area (Å²) < 4.78 is 0.877. The lowest BCUT2D eigenvalue weighted by molar-refractivity contribution is 0.569. The van der Waals surface area contributed by atoms with Crippen molar-refractivity contribution in [1.82, 2.24) is 9.66 Å². The number of aromatic nitrogens is 2. The van der Waals surface area contributed by atoms with Gasteiger partial charge in [0.1, 0.15) is 0 Å². The molecule has 0 atom stereocenters. The molecule has 0 radical (unpaired) electrons. The molecule has 5 heteroatoms. The SMILES string of the molecule is CC(C)(C)c1cn(N)c(=O)[nH]c1=O. The molecular weight excluding hydrogens is 170 g/mol. The minimum Gasteiger partial charge on any atom is -0.335 e. The van der Waals surface area contributed by atoms with Gasteiger partial charge in [-0.3, -0.25) is 9.78 Å². The van der Waals surface area contributed by atoms with Crippen LogP contribution in [0.2, 0.25) is 0 Å². The summed E-state index contributed by atoms with van der Waals surface area (Å²) in [5.74, 6) is 5.32. The monoisotopic (exact) mass is 183 g/mol. The van der Waals surface area contributed by atoms with Gasteiger partial charge in [0, 0.05) is 11.8 Å². The summed E-state index contributed by atoms with van der Waals surface area (Å²) in [7, 11) is 0. The Kier molecular flexibility index (Phi) is 2.03. The predicted octanol–water partition coefficient (Wildman–Crippen LogP) is -0.452. The zero-order chi connectivity index (χ0) is 10.2. The van der Waals surface area contributed by atoms with Gasteiger partial charge in [-0.25, -0.2) is 9.47 Å². The summed E-state index contributed by atoms with van der Waals surface area (Å²) in [6.45, 7) is 5.63. The van der Waals surface area contributed by atoms with Gasteiger partial charge in [-0.2, -0.15) is 0 Å². The topological polar surface area (TPSA) is 80.9 Å². The van der Waals surface area contributed by atoms with Gasteiger partial charge in [-0.05, 0) is 5.41 Å². The smallest absolute Gasteiger partial charge is 0.335 e. The lowest BCUT2D eigenvalue weighted by atomic mass is 9.89. The summed E-state index contributed by atoms with van der Waals surface area (Å²) in [5.41, 5.74) is -0.797. The van der Waals surface area contributed by atoms with E-state index in [0.717, 1.165) is 4.68 Å². The second-order valence-electron chi connectivity index (χ2n) is 3.96. The minimum atomic E-state index is -0.599. The zero-order valence-corrected chi connectivity index (χ0v) is 7.92. The maximum atomic E-state index is 11.3. The van der Waals surface area contributed by atoms with Gasteiger partial charge in [0.2, 0.25) is 0 Å². The first kappa shape index (κ1) is 9.57. The third-order valence-corrected chi connectivity index (χ3v) is 1.78. The molecule has 0 aliphatic carbocycles. The fourth-order valence-electron chi connectivity index (χ4n) is 1.02. The molecule has 0 unspecified atom stereocenters. The summed E-state index contributed by atoms with van der Waals surface area (Å²) in [5, 5.41) is 0. The number of nitrogens with one attached hydrogen (secondary N) is 1. The van der Waals surface area contributed by atoms with Crippen LogP contribution >= 0.6 is 0 Å². The quantitative estimate of drug-likeness (QED) is 0.534. The summed E-state index contributed by atoms with van der Waals surface area (Å²) >= 11 is 0. The van der Waals surface area contributed by atoms with Crippen molar-refractivity contribution < 1.29 is 0 Å². The Morgan fingerprint density at radius 1 is 1.38 bits per heavy atom. The summed E-state index contributed by atoms with van der Waals surface area (Å²) in [6, 6.07) is 0. The predicted molar refractivity (Wildman–Crippen MR) is 50.2 cm³/mol. The number of nitrogens with two attached hydrogens (primary N) is 1. The molecule has 1 heterocycles. The fraction of sp³-hybridized carbons (Fsp3) is 0.500. The highest BCUT2D eigenvalue weighted by atomic mass is 16.2. The van der Waals surface area contributed by atoms with Crippen molar-refractivity contribution in [3.8, 4) is 0 Å². The van der Waals surface area contributed by atoms with E-state index in [1.807, 2.05) is 20.8 Å². The lowest BCUT2D eigenvalue weighted by Gasteiger charge is -2.17. The van der Waals surface area contributed by atoms with Crippen LogP contribution in [0.5, 0.6) is 0 Å². The Hall–Kier alpha value is -1.52. The van der Waals surface area contributed by atoms with Crippen molar-refractivity contribution in [2.45, 2.75) is 26.2 Å². The third-order valence-electron chi connectivity index (χ3n) is 1.78. The Labute approximate surface area is 75.2 Å². The Morgan fingerprint density at radius 3 is 2.38 bits per heavy atom. The standard InChI is InChI=1S/C8H13N3O2/c1-8(2,3)5-4-11(9)7(13)10-6(5)12/h4H,9H2,1-3H3,(H,10,12,13). The Bertz CT molecular complexity index is 422. The number of H-pyrrole nitrogens is 1. The molecule has 0 saturated carbocycles. The van der Waals surface area contributed by atoms with Gasteiger partial charge < -0.3 is 5.84 Å². The second kappa shape index (κ2) is 2.76. The zero-order valence-electron chi connectivity index (χ0n) is 7.92. The maximum Gasteiger partial charge on any atom is 0.346 e. The van der Waals surface area contributed by atoms with E-state index in [4.69, 9.17) is 5.84 Å². The molecule has 72 valence electrons. The van der Waals surface area contributed by atoms with E-state index in [9.17, 15) is 9.59 Å². The van der Waals surface area contributed by atoms with Crippen LogP contribution in [-0.2, 0) is 5.41 Å². The molecule has 1 aromatic rings. The third kappa shape index (κ3) is 1.80. The molecule has 0 saturated heterocycles. The average Bonchev–Trinajstić information content (AvgIpc) is 1.94. The molecule has 0 amide bonds. The molecule has 5 nitrogen and oxygen atoms in total. The average molecular weight is 183 g/mol. The summed E-state index contributed by atoms with van der Waals surface area (Å²) in [4.78, 5) is 24.4. The van der Waals surface area contributed by atoms with Crippen molar-refractivity contribution in [2.75, 3.05) is 5.84 Å². The largest absolute Gasteiger partial charge is 0.346 e. The van der Waals surface area contributed by atoms with Crippen molar-refractivity contribution in [3.05, 3.63) is 32.6 Å². The van der Waals surface area contributed by atoms with Gasteiger partial charge in [-0.1, -0.05) is 20.8 Å². The van der Waals surface area contributed by atoms with Crippen LogP contribution in [0.4, 0.5) is 0 Å². The highest BCUT2D eigenvalue weighted by molar-refractivity contribution is 5.15. The first-order valence-corrected chi connectivity index (χ1v) is 3.94. The van der Waals surface area contributed by atoms with E-state index >= 15 is 0 Å². The molecule has 0 aliphatic heterocycles. The number of hydrogen-bond acceptors (Lipinski definition) is 3. The van der Waals surface area contributed by atoms with Crippen LogP contribution in [-0.4, -0.2) is 9.66 Å². The van der Waals surface area contributed by atoms with Crippen LogP contribution < -0.4 is 17.1 Å². The van der Waals surface area contributed by atoms with Crippen LogP contribution in [0.1, 0.15) is 26.3 Å². The molecule has 1 rings (SSSR count). The van der Waals surface area contributed by atoms with E-state index < -0.39 is 5.69 Å². The molecule has 1 aromatic heterocycles. The summed E-state index contributed by atoms with van der Waals surface area (Å²) in [6.07, 6.45) is 1.36. The number of aromatic amines is 1. The first-order chi connectivity index (χ1) is 5.82. The van der Waals surface area contributed by atoms with E-state index in [-0.39, 0.29) is 11.0 Å². The van der Waals surface area contributed by atoms with Gasteiger partial charge in [0.15, 0.2) is 0 Å². The van der Waals surface area contributed by atoms with Crippen LogP contribution in [0, 0.1) is 0 Å². The van der Waals surface area contributed by atoms with Crippen molar-refractivity contribution in [1.29, 1.82) is 0 Å². The van der Waals surface area contributed by atoms with Gasteiger partial charge in [0.25, 0.3) is 5.56 Å². The highest BCUT2D eigenvalue weighted by Gasteiger charge is 2.18. The molecule has 13 heavy (non-hydrogen) atoms. The van der Waals surface area contributed by atoms with Crippen molar-refractivity contribution >= 4 is 0 Å². The molecule has 0 aromatic carbocycles. The van der Waals surface area contributed by atoms with Crippen LogP contribution in [0.25, 0.3) is 0 Å². The highest BCUT2D eigenvalue weighted by Crippen LogP contribution is 2.16.